The summed E-state index contributed by atoms with van der Waals surface area (Å²) in [6, 6.07) is 8.29. The highest BCUT2D eigenvalue weighted by Gasteiger charge is 2.30. The Hall–Kier alpha value is -3.15. The second-order valence-corrected chi connectivity index (χ2v) is 6.86. The van der Waals surface area contributed by atoms with Crippen LogP contribution in [0.3, 0.4) is 0 Å². The van der Waals surface area contributed by atoms with Crippen LogP contribution < -0.4 is 5.32 Å². The molecular weight excluding hydrogens is 326 g/mol. The zero-order valence-corrected chi connectivity index (χ0v) is 14.5. The number of pyridine rings is 1. The van der Waals surface area contributed by atoms with Crippen LogP contribution in [0.4, 0.5) is 5.82 Å². The number of anilines is 1. The summed E-state index contributed by atoms with van der Waals surface area (Å²) >= 11 is 0. The van der Waals surface area contributed by atoms with Gasteiger partial charge in [0.15, 0.2) is 5.82 Å². The number of aromatic amines is 1. The molecule has 1 aromatic carbocycles. The predicted molar refractivity (Wildman–Crippen MR) is 101 cm³/mol. The number of hydrogen-bond donors (Lipinski definition) is 2. The Balaban J connectivity index is 1.59. The highest BCUT2D eigenvalue weighted by molar-refractivity contribution is 5.96. The molecule has 0 unspecified atom stereocenters. The molecule has 6 nitrogen and oxygen atoms in total. The Morgan fingerprint density at radius 2 is 2.15 bits per heavy atom. The molecule has 0 aliphatic heterocycles. The van der Waals surface area contributed by atoms with E-state index >= 15 is 0 Å². The first-order valence-electron chi connectivity index (χ1n) is 8.98. The van der Waals surface area contributed by atoms with E-state index in [1.807, 2.05) is 22.9 Å². The zero-order chi connectivity index (χ0) is 17.7. The molecule has 130 valence electrons. The third kappa shape index (κ3) is 2.45. The number of hydrogen-bond acceptors (Lipinski definition) is 3. The average Bonchev–Trinajstić information content (AvgIpc) is 3.26. The third-order valence-electron chi connectivity index (χ3n) is 5.03. The second kappa shape index (κ2) is 5.69. The van der Waals surface area contributed by atoms with Crippen molar-refractivity contribution in [1.82, 2.24) is 19.6 Å². The molecule has 1 aliphatic carbocycles. The first kappa shape index (κ1) is 15.1. The Morgan fingerprint density at radius 1 is 1.27 bits per heavy atom. The van der Waals surface area contributed by atoms with E-state index in [9.17, 15) is 4.79 Å². The maximum atomic E-state index is 12.0. The molecule has 3 aromatic heterocycles. The maximum Gasteiger partial charge on any atom is 0.228 e. The summed E-state index contributed by atoms with van der Waals surface area (Å²) in [5.74, 6) is 0.850. The smallest absolute Gasteiger partial charge is 0.228 e. The van der Waals surface area contributed by atoms with Gasteiger partial charge in [0.2, 0.25) is 5.91 Å². The van der Waals surface area contributed by atoms with Crippen LogP contribution in [0.2, 0.25) is 0 Å². The van der Waals surface area contributed by atoms with E-state index in [0.29, 0.717) is 5.82 Å². The standard InChI is InChI=1S/C20H19N5O/c1-2-12-5-7-16-15(9-21-24-16)19(12)14-6-8-18-22-17(11-25(18)10-14)23-20(26)13-3-4-13/h5-11,13H,2-4H2,1H3,(H,21,24)(H,23,26). The van der Waals surface area contributed by atoms with Crippen molar-refractivity contribution in [1.29, 1.82) is 0 Å². The van der Waals surface area contributed by atoms with E-state index in [2.05, 4.69) is 51.8 Å². The van der Waals surface area contributed by atoms with Gasteiger partial charge in [0.05, 0.1) is 17.9 Å². The minimum atomic E-state index is 0.0741. The summed E-state index contributed by atoms with van der Waals surface area (Å²) < 4.78 is 1.97. The van der Waals surface area contributed by atoms with Gasteiger partial charge in [0.1, 0.15) is 5.65 Å². The molecule has 3 heterocycles. The minimum Gasteiger partial charge on any atom is -0.309 e. The Labute approximate surface area is 150 Å². The number of fused-ring (bicyclic) bond motifs is 2. The molecule has 26 heavy (non-hydrogen) atoms. The summed E-state index contributed by atoms with van der Waals surface area (Å²) in [5.41, 5.74) is 5.43. The van der Waals surface area contributed by atoms with Crippen molar-refractivity contribution >= 4 is 28.3 Å². The number of imidazole rings is 1. The van der Waals surface area contributed by atoms with Crippen molar-refractivity contribution in [3.63, 3.8) is 0 Å². The number of rotatable bonds is 4. The number of aryl methyl sites for hydroxylation is 1. The zero-order valence-electron chi connectivity index (χ0n) is 14.5. The molecule has 0 saturated heterocycles. The molecule has 4 aromatic rings. The van der Waals surface area contributed by atoms with Gasteiger partial charge in [-0.2, -0.15) is 5.10 Å². The van der Waals surface area contributed by atoms with Crippen LogP contribution in [0, 0.1) is 5.92 Å². The molecule has 6 heteroatoms. The number of nitrogens with zero attached hydrogens (tertiary/aromatic N) is 3. The molecule has 0 spiro atoms. The van der Waals surface area contributed by atoms with Gasteiger partial charge >= 0.3 is 0 Å². The van der Waals surface area contributed by atoms with Gasteiger partial charge in [0, 0.05) is 17.5 Å². The van der Waals surface area contributed by atoms with Crippen LogP contribution in [0.5, 0.6) is 0 Å². The van der Waals surface area contributed by atoms with Gasteiger partial charge in [-0.1, -0.05) is 13.0 Å². The van der Waals surface area contributed by atoms with Crippen LogP contribution >= 0.6 is 0 Å². The maximum absolute atomic E-state index is 12.0. The van der Waals surface area contributed by atoms with E-state index in [-0.39, 0.29) is 11.8 Å². The fourth-order valence-corrected chi connectivity index (χ4v) is 3.47. The van der Waals surface area contributed by atoms with Gasteiger partial charge in [0.25, 0.3) is 0 Å². The number of carbonyl (C=O) groups is 1. The van der Waals surface area contributed by atoms with Gasteiger partial charge < -0.3 is 9.72 Å². The number of nitrogens with one attached hydrogen (secondary N) is 2. The summed E-state index contributed by atoms with van der Waals surface area (Å²) in [4.78, 5) is 16.5. The summed E-state index contributed by atoms with van der Waals surface area (Å²) in [6.07, 6.45) is 8.73. The van der Waals surface area contributed by atoms with Crippen molar-refractivity contribution in [3.05, 3.63) is 48.4 Å². The number of H-pyrrole nitrogens is 1. The van der Waals surface area contributed by atoms with Crippen molar-refractivity contribution in [2.45, 2.75) is 26.2 Å². The summed E-state index contributed by atoms with van der Waals surface area (Å²) in [6.45, 7) is 2.16. The quantitative estimate of drug-likeness (QED) is 0.591. The minimum absolute atomic E-state index is 0.0741. The lowest BCUT2D eigenvalue weighted by molar-refractivity contribution is -0.117. The van der Waals surface area contributed by atoms with E-state index in [4.69, 9.17) is 0 Å². The lowest BCUT2D eigenvalue weighted by Crippen LogP contribution is -2.13. The van der Waals surface area contributed by atoms with Gasteiger partial charge in [-0.3, -0.25) is 9.89 Å². The van der Waals surface area contributed by atoms with Crippen molar-refractivity contribution in [3.8, 4) is 11.1 Å². The highest BCUT2D eigenvalue weighted by atomic mass is 16.2. The van der Waals surface area contributed by atoms with Crippen molar-refractivity contribution < 1.29 is 4.79 Å². The van der Waals surface area contributed by atoms with Gasteiger partial charge in [-0.15, -0.1) is 0 Å². The van der Waals surface area contributed by atoms with Crippen molar-refractivity contribution in [2.24, 2.45) is 5.92 Å². The van der Waals surface area contributed by atoms with Crippen LogP contribution in [-0.4, -0.2) is 25.5 Å². The van der Waals surface area contributed by atoms with Crippen LogP contribution in [0.15, 0.2) is 42.9 Å². The summed E-state index contributed by atoms with van der Waals surface area (Å²) in [5, 5.41) is 11.3. The third-order valence-corrected chi connectivity index (χ3v) is 5.03. The van der Waals surface area contributed by atoms with Crippen LogP contribution in [0.1, 0.15) is 25.3 Å². The molecule has 0 bridgehead atoms. The Morgan fingerprint density at radius 3 is 2.96 bits per heavy atom. The SMILES string of the molecule is CCc1ccc2[nH]ncc2c1-c1ccc2nc(NC(=O)C3CC3)cn2c1. The first-order valence-corrected chi connectivity index (χ1v) is 8.98. The van der Waals surface area contributed by atoms with Gasteiger partial charge in [-0.05, 0) is 54.2 Å². The topological polar surface area (TPSA) is 75.1 Å². The molecule has 1 aliphatic rings. The highest BCUT2D eigenvalue weighted by Crippen LogP contribution is 2.33. The molecular formula is C20H19N5O. The second-order valence-electron chi connectivity index (χ2n) is 6.86. The van der Waals surface area contributed by atoms with E-state index in [0.717, 1.165) is 41.4 Å². The molecule has 1 saturated carbocycles. The normalized spacial score (nSPS) is 14.2. The molecule has 5 rings (SSSR count). The number of aromatic nitrogens is 4. The van der Waals surface area contributed by atoms with Gasteiger partial charge in [-0.25, -0.2) is 4.98 Å². The fraction of sp³-hybridized carbons (Fsp3) is 0.250. The molecule has 1 amide bonds. The number of amides is 1. The molecule has 0 radical (unpaired) electrons. The number of benzene rings is 1. The van der Waals surface area contributed by atoms with Crippen molar-refractivity contribution in [2.75, 3.05) is 5.32 Å². The molecule has 2 N–H and O–H groups in total. The predicted octanol–water partition coefficient (Wildman–Crippen LogP) is 3.79. The molecule has 0 atom stereocenters. The Kier molecular flexibility index (Phi) is 3.31. The largest absolute Gasteiger partial charge is 0.309 e. The van der Waals surface area contributed by atoms with Crippen LogP contribution in [-0.2, 0) is 11.2 Å². The van der Waals surface area contributed by atoms with Crippen LogP contribution in [0.25, 0.3) is 27.7 Å². The summed E-state index contributed by atoms with van der Waals surface area (Å²) in [7, 11) is 0. The molecule has 1 fully saturated rings. The van der Waals surface area contributed by atoms with E-state index in [1.54, 1.807) is 0 Å². The Bertz CT molecular complexity index is 1140. The average molecular weight is 345 g/mol. The fourth-order valence-electron chi connectivity index (χ4n) is 3.47. The monoisotopic (exact) mass is 345 g/mol. The number of carbonyl (C=O) groups excluding carboxylic acids is 1. The lowest BCUT2D eigenvalue weighted by Gasteiger charge is -2.10. The first-order chi connectivity index (χ1) is 12.7. The van der Waals surface area contributed by atoms with E-state index < -0.39 is 0 Å². The van der Waals surface area contributed by atoms with E-state index in [1.165, 1.54) is 11.1 Å². The lowest BCUT2D eigenvalue weighted by atomic mass is 9.96.